The normalized spacial score (nSPS) is 14.5. The summed E-state index contributed by atoms with van der Waals surface area (Å²) in [4.78, 5) is 25.8. The predicted molar refractivity (Wildman–Crippen MR) is 160 cm³/mol. The lowest BCUT2D eigenvalue weighted by Gasteiger charge is -2.35. The Hall–Kier alpha value is -3.93. The van der Waals surface area contributed by atoms with Crippen molar-refractivity contribution < 1.29 is 13.2 Å². The van der Waals surface area contributed by atoms with Gasteiger partial charge in [-0.05, 0) is 57.5 Å². The summed E-state index contributed by atoms with van der Waals surface area (Å²) in [6.07, 6.45) is -0.891. The number of fused-ring (bicyclic) bond motifs is 1. The maximum absolute atomic E-state index is 13.1. The smallest absolute Gasteiger partial charge is 0.367 e. The number of halogens is 3. The van der Waals surface area contributed by atoms with Crippen molar-refractivity contribution in [2.24, 2.45) is 0 Å². The summed E-state index contributed by atoms with van der Waals surface area (Å²) < 4.78 is 41.1. The van der Waals surface area contributed by atoms with E-state index in [1.54, 1.807) is 12.5 Å². The number of hydrogen-bond acceptors (Lipinski definition) is 8. The van der Waals surface area contributed by atoms with E-state index in [2.05, 4.69) is 57.7 Å². The average molecular weight is 582 g/mol. The fourth-order valence-corrected chi connectivity index (χ4v) is 5.40. The number of imidazole rings is 1. The average Bonchev–Trinajstić information content (AvgIpc) is 3.37. The van der Waals surface area contributed by atoms with Gasteiger partial charge in [-0.15, -0.1) is 0 Å². The summed E-state index contributed by atoms with van der Waals surface area (Å²) in [5.41, 5.74) is 1.34. The van der Waals surface area contributed by atoms with E-state index in [1.807, 2.05) is 22.8 Å². The second kappa shape index (κ2) is 12.5. The molecule has 4 heterocycles. The molecule has 1 saturated heterocycles. The number of rotatable bonds is 10. The molecule has 0 bridgehead atoms. The molecular formula is C30H38F3N9. The van der Waals surface area contributed by atoms with Gasteiger partial charge in [0.25, 0.3) is 0 Å². The van der Waals surface area contributed by atoms with Crippen molar-refractivity contribution in [2.45, 2.75) is 52.5 Å². The number of aromatic nitrogens is 5. The number of nitrogens with one attached hydrogen (secondary N) is 1. The molecule has 0 aliphatic carbocycles. The van der Waals surface area contributed by atoms with Gasteiger partial charge in [0, 0.05) is 57.5 Å². The zero-order valence-electron chi connectivity index (χ0n) is 24.5. The van der Waals surface area contributed by atoms with Gasteiger partial charge in [0.2, 0.25) is 5.95 Å². The van der Waals surface area contributed by atoms with Crippen molar-refractivity contribution in [3.05, 3.63) is 66.1 Å². The number of alkyl halides is 3. The maximum atomic E-state index is 13.1. The summed E-state index contributed by atoms with van der Waals surface area (Å²) in [5, 5.41) is 3.50. The van der Waals surface area contributed by atoms with Crippen LogP contribution in [0, 0.1) is 0 Å². The van der Waals surface area contributed by atoms with E-state index in [9.17, 15) is 13.2 Å². The molecule has 1 N–H and O–H groups in total. The van der Waals surface area contributed by atoms with Crippen LogP contribution >= 0.6 is 0 Å². The first-order valence-electron chi connectivity index (χ1n) is 14.4. The van der Waals surface area contributed by atoms with Crippen LogP contribution in [0.5, 0.6) is 0 Å². The third-order valence-electron chi connectivity index (χ3n) is 7.61. The predicted octanol–water partition coefficient (Wildman–Crippen LogP) is 5.15. The Balaban J connectivity index is 1.41. The van der Waals surface area contributed by atoms with E-state index >= 15 is 0 Å². The van der Waals surface area contributed by atoms with Crippen molar-refractivity contribution >= 4 is 28.7 Å². The van der Waals surface area contributed by atoms with Gasteiger partial charge in [-0.2, -0.15) is 23.1 Å². The number of piperazine rings is 1. The van der Waals surface area contributed by atoms with Gasteiger partial charge >= 0.3 is 6.18 Å². The minimum absolute atomic E-state index is 0.340. The Morgan fingerprint density at radius 3 is 2.19 bits per heavy atom. The molecule has 0 radical (unpaired) electrons. The number of nitrogens with zero attached hydrogens (tertiary/aromatic N) is 8. The van der Waals surface area contributed by atoms with Crippen molar-refractivity contribution in [1.82, 2.24) is 29.4 Å². The third-order valence-corrected chi connectivity index (χ3v) is 7.61. The van der Waals surface area contributed by atoms with Gasteiger partial charge in [-0.1, -0.05) is 18.2 Å². The highest BCUT2D eigenvalue weighted by Gasteiger charge is 2.30. The third kappa shape index (κ3) is 6.75. The molecule has 0 spiro atoms. The maximum Gasteiger partial charge on any atom is 0.416 e. The monoisotopic (exact) mass is 581 g/mol. The van der Waals surface area contributed by atoms with Crippen LogP contribution in [0.1, 0.15) is 38.8 Å². The van der Waals surface area contributed by atoms with Gasteiger partial charge in [-0.3, -0.25) is 4.90 Å². The second-order valence-corrected chi connectivity index (χ2v) is 11.1. The van der Waals surface area contributed by atoms with E-state index in [0.29, 0.717) is 48.1 Å². The summed E-state index contributed by atoms with van der Waals surface area (Å²) in [7, 11) is 0. The molecule has 12 heteroatoms. The molecule has 0 saturated carbocycles. The second-order valence-electron chi connectivity index (χ2n) is 11.1. The van der Waals surface area contributed by atoms with Crippen LogP contribution in [0.4, 0.5) is 30.8 Å². The zero-order chi connectivity index (χ0) is 29.9. The Bertz CT molecular complexity index is 1440. The van der Waals surface area contributed by atoms with Crippen LogP contribution < -0.4 is 15.1 Å². The quantitative estimate of drug-likeness (QED) is 0.276. The van der Waals surface area contributed by atoms with E-state index < -0.39 is 11.7 Å². The first-order chi connectivity index (χ1) is 20.1. The molecular weight excluding hydrogens is 543 g/mol. The molecule has 0 unspecified atom stereocenters. The highest BCUT2D eigenvalue weighted by molar-refractivity contribution is 5.84. The first-order valence-corrected chi connectivity index (χ1v) is 14.4. The van der Waals surface area contributed by atoms with Gasteiger partial charge in [0.15, 0.2) is 17.0 Å². The van der Waals surface area contributed by atoms with Crippen molar-refractivity contribution in [1.29, 1.82) is 0 Å². The summed E-state index contributed by atoms with van der Waals surface area (Å²) in [6, 6.07) is 11.9. The van der Waals surface area contributed by atoms with Crippen LogP contribution in [-0.2, 0) is 12.7 Å². The standard InChI is InChI=1S/C30H38F3N9/c1-21(2)42(22(3)4)14-13-35-27-26-28(41(20-36-26)19-23-8-10-24(11-9-23)30(31,32)33)38-29(37-27)40-17-15-39(16-18-40)25-7-5-6-12-34-25/h5-12,20-22H,13-19H2,1-4H3,(H,35,37,38). The summed E-state index contributed by atoms with van der Waals surface area (Å²) in [5.74, 6) is 2.20. The van der Waals surface area contributed by atoms with Crippen molar-refractivity contribution in [3.8, 4) is 0 Å². The number of benzene rings is 1. The fraction of sp³-hybridized carbons (Fsp3) is 0.467. The lowest BCUT2D eigenvalue weighted by molar-refractivity contribution is -0.137. The molecule has 224 valence electrons. The minimum Gasteiger partial charge on any atom is -0.367 e. The molecule has 0 atom stereocenters. The highest BCUT2D eigenvalue weighted by Crippen LogP contribution is 2.30. The van der Waals surface area contributed by atoms with E-state index in [4.69, 9.17) is 9.97 Å². The van der Waals surface area contributed by atoms with E-state index in [-0.39, 0.29) is 0 Å². The van der Waals surface area contributed by atoms with Crippen LogP contribution in [0.3, 0.4) is 0 Å². The molecule has 5 rings (SSSR count). The number of hydrogen-bond donors (Lipinski definition) is 1. The van der Waals surface area contributed by atoms with Gasteiger partial charge in [-0.25, -0.2) is 9.97 Å². The minimum atomic E-state index is -4.37. The molecule has 1 aliphatic rings. The molecule has 1 aliphatic heterocycles. The summed E-state index contributed by atoms with van der Waals surface area (Å²) >= 11 is 0. The largest absolute Gasteiger partial charge is 0.416 e. The fourth-order valence-electron chi connectivity index (χ4n) is 5.40. The molecule has 1 fully saturated rings. The first kappa shape index (κ1) is 29.6. The van der Waals surface area contributed by atoms with Crippen molar-refractivity contribution in [2.75, 3.05) is 54.4 Å². The van der Waals surface area contributed by atoms with Crippen LogP contribution in [0.25, 0.3) is 11.2 Å². The van der Waals surface area contributed by atoms with Crippen LogP contribution in [0.2, 0.25) is 0 Å². The van der Waals surface area contributed by atoms with E-state index in [1.165, 1.54) is 12.1 Å². The molecule has 3 aromatic heterocycles. The highest BCUT2D eigenvalue weighted by atomic mass is 19.4. The lowest BCUT2D eigenvalue weighted by Crippen LogP contribution is -2.47. The topological polar surface area (TPSA) is 78.2 Å². The van der Waals surface area contributed by atoms with E-state index in [0.717, 1.165) is 56.2 Å². The molecule has 42 heavy (non-hydrogen) atoms. The van der Waals surface area contributed by atoms with Gasteiger partial charge in [0.05, 0.1) is 18.4 Å². The Labute approximate surface area is 244 Å². The number of anilines is 3. The molecule has 9 nitrogen and oxygen atoms in total. The molecule has 0 amide bonds. The number of pyridine rings is 1. The SMILES string of the molecule is CC(C)N(CCNc1nc(N2CCN(c3ccccn3)CC2)nc2c1ncn2Cc1ccc(C(F)(F)F)cc1)C(C)C. The van der Waals surface area contributed by atoms with Crippen molar-refractivity contribution in [3.63, 3.8) is 0 Å². The van der Waals surface area contributed by atoms with Gasteiger partial charge in [0.1, 0.15) is 5.82 Å². The van der Waals surface area contributed by atoms with Crippen LogP contribution in [0.15, 0.2) is 55.0 Å². The zero-order valence-corrected chi connectivity index (χ0v) is 24.5. The Kier molecular flexibility index (Phi) is 8.81. The van der Waals surface area contributed by atoms with Gasteiger partial charge < -0.3 is 19.7 Å². The Morgan fingerprint density at radius 1 is 0.881 bits per heavy atom. The Morgan fingerprint density at radius 2 is 1.57 bits per heavy atom. The lowest BCUT2D eigenvalue weighted by atomic mass is 10.1. The van der Waals surface area contributed by atoms with Crippen LogP contribution in [-0.4, -0.2) is 80.8 Å². The molecule has 1 aromatic carbocycles. The molecule has 4 aromatic rings. The summed E-state index contributed by atoms with van der Waals surface area (Å²) in [6.45, 7) is 13.6.